The van der Waals surface area contributed by atoms with Crippen molar-refractivity contribution < 1.29 is 10.2 Å². The zero-order valence-corrected chi connectivity index (χ0v) is 16.6. The first-order chi connectivity index (χ1) is 11.4. The number of fused-ring (bicyclic) bond motifs is 1. The van der Waals surface area contributed by atoms with Crippen LogP contribution in [0.3, 0.4) is 0 Å². The van der Waals surface area contributed by atoms with Crippen LogP contribution in [-0.4, -0.2) is 15.5 Å². The van der Waals surface area contributed by atoms with Gasteiger partial charge in [0.2, 0.25) is 0 Å². The Morgan fingerprint density at radius 1 is 1.12 bits per heavy atom. The van der Waals surface area contributed by atoms with E-state index in [2.05, 4.69) is 42.8 Å². The van der Waals surface area contributed by atoms with Gasteiger partial charge in [-0.1, -0.05) is 47.8 Å². The second-order valence-corrected chi connectivity index (χ2v) is 8.99. The van der Waals surface area contributed by atoms with E-state index < -0.39 is 0 Å². The third-order valence-corrected chi connectivity index (χ3v) is 6.96. The summed E-state index contributed by atoms with van der Waals surface area (Å²) >= 11 is 3.45. The van der Waals surface area contributed by atoms with Gasteiger partial charge in [-0.05, 0) is 67.6 Å². The van der Waals surface area contributed by atoms with Gasteiger partial charge in [-0.25, -0.2) is 0 Å². The third kappa shape index (κ3) is 3.00. The molecular weight excluding hydrogens is 364 g/mol. The molecule has 1 fully saturated rings. The van der Waals surface area contributed by atoms with E-state index in [9.17, 15) is 10.2 Å². The van der Waals surface area contributed by atoms with Gasteiger partial charge in [0.15, 0.2) is 0 Å². The summed E-state index contributed by atoms with van der Waals surface area (Å²) < 4.78 is 0. The quantitative estimate of drug-likeness (QED) is 0.358. The molecule has 3 aliphatic rings. The van der Waals surface area contributed by atoms with Crippen molar-refractivity contribution in [1.29, 1.82) is 0 Å². The summed E-state index contributed by atoms with van der Waals surface area (Å²) in [4.78, 5) is 0. The Balaban J connectivity index is 1.83. The van der Waals surface area contributed by atoms with Gasteiger partial charge in [-0.15, -0.1) is 0 Å². The van der Waals surface area contributed by atoms with Gasteiger partial charge in [0.1, 0.15) is 11.5 Å². The Morgan fingerprint density at radius 2 is 1.79 bits per heavy atom. The van der Waals surface area contributed by atoms with E-state index in [0.29, 0.717) is 11.8 Å². The van der Waals surface area contributed by atoms with Crippen molar-refractivity contribution in [3.8, 4) is 11.5 Å². The lowest BCUT2D eigenvalue weighted by Crippen LogP contribution is -2.50. The Bertz CT molecular complexity index is 624. The summed E-state index contributed by atoms with van der Waals surface area (Å²) in [7, 11) is 0. The average molecular weight is 393 g/mol. The minimum absolute atomic E-state index is 0.132. The van der Waals surface area contributed by atoms with E-state index in [1.54, 1.807) is 0 Å². The number of allylic oxidation sites excluding steroid dienone is 2. The molecule has 4 rings (SSSR count). The van der Waals surface area contributed by atoms with Crippen molar-refractivity contribution in [2.24, 2.45) is 17.3 Å². The third-order valence-electron chi connectivity index (χ3n) is 6.40. The number of alkyl halides is 1. The van der Waals surface area contributed by atoms with Crippen molar-refractivity contribution >= 4 is 15.9 Å². The Morgan fingerprint density at radius 3 is 2.33 bits per heavy atom. The van der Waals surface area contributed by atoms with E-state index in [-0.39, 0.29) is 22.8 Å². The van der Waals surface area contributed by atoms with E-state index in [0.717, 1.165) is 35.7 Å². The monoisotopic (exact) mass is 392 g/mol. The van der Waals surface area contributed by atoms with Crippen LogP contribution in [0.15, 0.2) is 23.8 Å². The summed E-state index contributed by atoms with van der Waals surface area (Å²) in [5.41, 5.74) is 3.43. The Labute approximate surface area is 154 Å². The first kappa shape index (κ1) is 17.8. The first-order valence-corrected chi connectivity index (χ1v) is 10.3. The molecule has 2 nitrogen and oxygen atoms in total. The lowest BCUT2D eigenvalue weighted by molar-refractivity contribution is -0.0198. The molecule has 24 heavy (non-hydrogen) atoms. The number of hydrogen-bond donors (Lipinski definition) is 2. The number of halogens is 1. The highest BCUT2D eigenvalue weighted by molar-refractivity contribution is 9.09. The lowest BCUT2D eigenvalue weighted by Gasteiger charge is -2.59. The van der Waals surface area contributed by atoms with Crippen LogP contribution in [0.4, 0.5) is 0 Å². The molecule has 0 spiro atoms. The minimum atomic E-state index is 0.132. The van der Waals surface area contributed by atoms with E-state index in [4.69, 9.17) is 0 Å². The van der Waals surface area contributed by atoms with Crippen LogP contribution < -0.4 is 0 Å². The molecule has 0 radical (unpaired) electrons. The van der Waals surface area contributed by atoms with Crippen LogP contribution in [-0.2, 0) is 6.42 Å². The molecule has 0 aromatic heterocycles. The van der Waals surface area contributed by atoms with Crippen LogP contribution in [0.1, 0.15) is 63.5 Å². The summed E-state index contributed by atoms with van der Waals surface area (Å²) in [6.45, 7) is 6.84. The van der Waals surface area contributed by atoms with E-state index in [1.807, 2.05) is 12.1 Å². The zero-order valence-electron chi connectivity index (χ0n) is 15.0. The second kappa shape index (κ2) is 6.74. The highest BCUT2D eigenvalue weighted by Gasteiger charge is 2.55. The topological polar surface area (TPSA) is 40.5 Å². The number of phenolic OH excluding ortho intramolecular Hbond substituents is 2. The number of aromatic hydroxyl groups is 2. The molecule has 3 heteroatoms. The van der Waals surface area contributed by atoms with Gasteiger partial charge in [0.25, 0.3) is 0 Å². The van der Waals surface area contributed by atoms with Gasteiger partial charge >= 0.3 is 0 Å². The summed E-state index contributed by atoms with van der Waals surface area (Å²) in [6, 6.07) is 3.73. The van der Waals surface area contributed by atoms with Gasteiger partial charge in [0, 0.05) is 16.8 Å². The van der Waals surface area contributed by atoms with Crippen molar-refractivity contribution in [2.75, 3.05) is 5.33 Å². The molecule has 1 aromatic carbocycles. The molecule has 2 N–H and O–H groups in total. The molecule has 0 aliphatic heterocycles. The smallest absolute Gasteiger partial charge is 0.123 e. The molecule has 3 atom stereocenters. The fourth-order valence-electron chi connectivity index (χ4n) is 4.91. The van der Waals surface area contributed by atoms with Crippen LogP contribution >= 0.6 is 15.9 Å². The maximum atomic E-state index is 10.6. The Hall–Kier alpha value is -0.960. The van der Waals surface area contributed by atoms with Gasteiger partial charge in [-0.2, -0.15) is 0 Å². The van der Waals surface area contributed by atoms with Crippen molar-refractivity contribution in [2.45, 2.75) is 58.8 Å². The molecule has 0 unspecified atom stereocenters. The van der Waals surface area contributed by atoms with Gasteiger partial charge in [-0.3, -0.25) is 0 Å². The molecular formula is C21H29BrO2. The predicted octanol–water partition coefficient (Wildman–Crippen LogP) is 5.91. The number of aryl methyl sites for hydroxylation is 1. The van der Waals surface area contributed by atoms with Crippen molar-refractivity contribution in [1.82, 2.24) is 0 Å². The molecule has 0 heterocycles. The van der Waals surface area contributed by atoms with E-state index >= 15 is 0 Å². The molecule has 0 amide bonds. The number of benzene rings is 1. The normalized spacial score (nSPS) is 27.5. The maximum absolute atomic E-state index is 10.6. The van der Waals surface area contributed by atoms with Crippen LogP contribution in [0.25, 0.3) is 0 Å². The number of phenols is 2. The number of rotatable bonds is 6. The molecule has 2 bridgehead atoms. The number of unbranched alkanes of at least 4 members (excludes halogenated alkanes) is 2. The zero-order chi connectivity index (χ0) is 17.5. The molecule has 132 valence electrons. The fourth-order valence-corrected chi connectivity index (χ4v) is 5.30. The largest absolute Gasteiger partial charge is 0.507 e. The van der Waals surface area contributed by atoms with Crippen LogP contribution in [0.2, 0.25) is 0 Å². The summed E-state index contributed by atoms with van der Waals surface area (Å²) in [5.74, 6) is 1.83. The average Bonchev–Trinajstić information content (AvgIpc) is 2.50. The SMILES string of the molecule is CC1=C[C@@H](c2c(O)cc(CCCCCBr)cc2O)[C@H]2C[C@@H]1C2(C)C. The fraction of sp³-hybridized carbons (Fsp3) is 0.619. The lowest BCUT2D eigenvalue weighted by atomic mass is 9.45. The number of hydrogen-bond acceptors (Lipinski definition) is 2. The molecule has 0 saturated heterocycles. The Kier molecular flexibility index (Phi) is 5.01. The van der Waals surface area contributed by atoms with Crippen molar-refractivity contribution in [3.05, 3.63) is 34.9 Å². The van der Waals surface area contributed by atoms with Crippen LogP contribution in [0, 0.1) is 17.3 Å². The van der Waals surface area contributed by atoms with Crippen LogP contribution in [0.5, 0.6) is 11.5 Å². The van der Waals surface area contributed by atoms with Gasteiger partial charge < -0.3 is 10.2 Å². The summed E-state index contributed by atoms with van der Waals surface area (Å²) in [5, 5.41) is 22.3. The predicted molar refractivity (Wildman–Crippen MR) is 103 cm³/mol. The van der Waals surface area contributed by atoms with Crippen molar-refractivity contribution in [3.63, 3.8) is 0 Å². The molecule has 1 aromatic rings. The van der Waals surface area contributed by atoms with E-state index in [1.165, 1.54) is 18.4 Å². The molecule has 1 saturated carbocycles. The minimum Gasteiger partial charge on any atom is -0.507 e. The van der Waals surface area contributed by atoms with Gasteiger partial charge in [0.05, 0.1) is 0 Å². The highest BCUT2D eigenvalue weighted by Crippen LogP contribution is 2.64. The second-order valence-electron chi connectivity index (χ2n) is 8.20. The molecule has 3 aliphatic carbocycles. The maximum Gasteiger partial charge on any atom is 0.123 e. The standard InChI is InChI=1S/C21H29BrO2/c1-13-9-15(17-12-16(13)21(17,2)3)20-18(23)10-14(11-19(20)24)7-5-4-6-8-22/h9-11,15-17,23-24H,4-8,12H2,1-3H3/t15-,16+,17-/m1/s1. The summed E-state index contributed by atoms with van der Waals surface area (Å²) in [6.07, 6.45) is 7.77. The first-order valence-electron chi connectivity index (χ1n) is 9.15. The highest BCUT2D eigenvalue weighted by atomic mass is 79.9.